The van der Waals surface area contributed by atoms with E-state index in [4.69, 9.17) is 37.3 Å². The van der Waals surface area contributed by atoms with Crippen molar-refractivity contribution in [2.24, 2.45) is 35.1 Å². The zero-order chi connectivity index (χ0) is 80.2. The minimum absolute atomic E-state index is 0.00455. The number of rotatable bonds is 38. The monoisotopic (exact) mass is 1550 g/mol. The maximum Gasteiger partial charge on any atom is 0.407 e. The zero-order valence-electron chi connectivity index (χ0n) is 64.5. The number of carbonyl (C=O) groups excluding carboxylic acids is 10. The first-order chi connectivity index (χ1) is 54.5. The van der Waals surface area contributed by atoms with Crippen molar-refractivity contribution in [3.63, 3.8) is 0 Å². The van der Waals surface area contributed by atoms with Gasteiger partial charge in [0.2, 0.25) is 28.6 Å². The maximum absolute atomic E-state index is 12.9. The van der Waals surface area contributed by atoms with Crippen molar-refractivity contribution in [1.82, 2.24) is 46.5 Å². The van der Waals surface area contributed by atoms with Gasteiger partial charge in [0.15, 0.2) is 11.6 Å². The molecule has 0 spiro atoms. The lowest BCUT2D eigenvalue weighted by molar-refractivity contribution is -0.126. The third kappa shape index (κ3) is 36.6. The average Bonchev–Trinajstić information content (AvgIpc) is 1.32. The standard InChI is InChI=1S/C25H31N3O4.C20H24N2O3.C19H23N3O3.C17H25N3O2.C6H9ClO/c29-23(21-14-6-8-16-26-21)22(28-24(30)20-12-4-5-13-20)15-7-9-17-27-25(31)32-18-19-10-2-1-3-11-19;1-16(19(23)18-12-6-8-13-21-18)9-5-7-14-22-20(24)25-15-17-10-3-2-4-11-17;20-16(18(23)17-11-5-7-12-21-17)10-4-6-13-22-19(24)25-14-15-8-2-1-3-9-15;18-11-5-3-10-15(16(21)14-9-4-6-12-19-14)20-17(22)13-7-1-2-8-13;7-6(8)5-3-1-2-4-5/h1-3,6,8,10-11,14,16,20,22H,4-5,7,9,12-13,15,17-18H2,(H,27,31)(H,28,30);2-4,6,8,10-13,16H,5,7,9,14-15H2,1H3,(H,22,24);1-3,5,7-9,11-12,16H,4,6,10,13-14,20H2,(H,22,24);4,6,9,12-13,15H,1-3,5,7-8,10-11,18H2,(H,20,22);5H,1-4H2/t22-;2*16-;15-;/m0000./s1. The number of nitrogens with two attached hydrogens (primary N) is 2. The highest BCUT2D eigenvalue weighted by Gasteiger charge is 2.31. The number of unbranched alkanes of at least 4 members (excludes halogenated alkanes) is 4. The first-order valence-corrected chi connectivity index (χ1v) is 39.8. The molecular weight excluding hydrogens is 1440 g/mol. The van der Waals surface area contributed by atoms with Crippen LogP contribution in [0.1, 0.15) is 220 Å². The molecule has 0 aliphatic heterocycles. The van der Waals surface area contributed by atoms with Crippen molar-refractivity contribution in [2.75, 3.05) is 26.2 Å². The first-order valence-electron chi connectivity index (χ1n) is 39.4. The molecule has 0 bridgehead atoms. The zero-order valence-corrected chi connectivity index (χ0v) is 65.2. The average molecular weight is 1560 g/mol. The minimum Gasteiger partial charge on any atom is -0.445 e. The number of carbonyl (C=O) groups is 10. The van der Waals surface area contributed by atoms with E-state index in [1.807, 2.05) is 104 Å². The van der Waals surface area contributed by atoms with Gasteiger partial charge in [-0.2, -0.15) is 0 Å². The molecule has 112 heavy (non-hydrogen) atoms. The van der Waals surface area contributed by atoms with Crippen LogP contribution in [0.5, 0.6) is 0 Å². The van der Waals surface area contributed by atoms with Crippen LogP contribution in [-0.4, -0.2) is 123 Å². The van der Waals surface area contributed by atoms with Gasteiger partial charge in [-0.15, -0.1) is 0 Å². The Labute approximate surface area is 663 Å². The lowest BCUT2D eigenvalue weighted by atomic mass is 9.97. The van der Waals surface area contributed by atoms with Crippen LogP contribution in [0.3, 0.4) is 0 Å². The van der Waals surface area contributed by atoms with Gasteiger partial charge in [0.1, 0.15) is 42.6 Å². The van der Waals surface area contributed by atoms with Gasteiger partial charge in [-0.25, -0.2) is 14.4 Å². The summed E-state index contributed by atoms with van der Waals surface area (Å²) >= 11 is 5.25. The number of Topliss-reactive ketones (excluding diaryl/α,β-unsaturated/α-hetero) is 4. The SMILES string of the molecule is C[C@@H](CCCCNC(=O)OCc1ccccc1)C(=O)c1ccccn1.NCCCC[C@H](NC(=O)C1CCCC1)C(=O)c1ccccn1.N[C@@H](CCCCNC(=O)OCc1ccccc1)C(=O)c1ccccn1.O=C(Cl)C1CCCC1.O=C(NCCCC[C@H](NC(=O)C1CCCC1)C(=O)c1ccccn1)OCc1ccccc1. The van der Waals surface area contributed by atoms with Crippen molar-refractivity contribution in [3.05, 3.63) is 228 Å². The molecule has 3 aromatic carbocycles. The molecule has 3 aliphatic carbocycles. The number of ether oxygens (including phenoxy) is 3. The lowest BCUT2D eigenvalue weighted by Gasteiger charge is -2.20. The Balaban J connectivity index is 0.000000227. The predicted octanol–water partition coefficient (Wildman–Crippen LogP) is 14.7. The predicted molar refractivity (Wildman–Crippen MR) is 430 cm³/mol. The molecular formula is C87H112ClN11O13. The molecule has 0 unspecified atom stereocenters. The summed E-state index contributed by atoms with van der Waals surface area (Å²) in [5.41, 5.74) is 15.9. The fraction of sp³-hybridized carbons (Fsp3) is 0.448. The van der Waals surface area contributed by atoms with Crippen molar-refractivity contribution in [1.29, 1.82) is 0 Å². The molecule has 4 atom stereocenters. The van der Waals surface area contributed by atoms with Crippen molar-refractivity contribution in [2.45, 2.75) is 199 Å². The molecule has 3 fully saturated rings. The molecule has 4 heterocycles. The number of amides is 5. The number of hydrogen-bond donors (Lipinski definition) is 7. The minimum atomic E-state index is -0.608. The molecule has 25 heteroatoms. The maximum atomic E-state index is 12.9. The largest absolute Gasteiger partial charge is 0.445 e. The molecule has 10 rings (SSSR count). The highest BCUT2D eigenvalue weighted by molar-refractivity contribution is 6.64. The second kappa shape index (κ2) is 54.2. The number of hydrogen-bond acceptors (Lipinski definition) is 19. The van der Waals surface area contributed by atoms with Crippen LogP contribution < -0.4 is 38.1 Å². The van der Waals surface area contributed by atoms with Gasteiger partial charge in [-0.05, 0) is 193 Å². The molecule has 7 aromatic rings. The van der Waals surface area contributed by atoms with Crippen molar-refractivity contribution in [3.8, 4) is 0 Å². The number of aromatic nitrogens is 4. The molecule has 0 radical (unpaired) electrons. The third-order valence-corrected chi connectivity index (χ3v) is 19.5. The normalized spacial score (nSPS) is 14.1. The fourth-order valence-electron chi connectivity index (χ4n) is 12.7. The highest BCUT2D eigenvalue weighted by atomic mass is 35.5. The molecule has 3 saturated carbocycles. The summed E-state index contributed by atoms with van der Waals surface area (Å²) in [5, 5.41) is 13.9. The van der Waals surface area contributed by atoms with Crippen LogP contribution in [0.4, 0.5) is 14.4 Å². The van der Waals surface area contributed by atoms with Crippen LogP contribution in [0.25, 0.3) is 0 Å². The van der Waals surface area contributed by atoms with Crippen LogP contribution in [0.2, 0.25) is 0 Å². The van der Waals surface area contributed by atoms with Gasteiger partial charge in [0, 0.05) is 68.1 Å². The summed E-state index contributed by atoms with van der Waals surface area (Å²) in [7, 11) is 0. The molecule has 600 valence electrons. The van der Waals surface area contributed by atoms with E-state index in [9.17, 15) is 47.9 Å². The van der Waals surface area contributed by atoms with Gasteiger partial charge in [0.05, 0.1) is 18.1 Å². The Morgan fingerprint density at radius 3 is 1.01 bits per heavy atom. The van der Waals surface area contributed by atoms with Gasteiger partial charge >= 0.3 is 18.3 Å². The summed E-state index contributed by atoms with van der Waals surface area (Å²) in [6.07, 6.45) is 26.0. The van der Waals surface area contributed by atoms with E-state index >= 15 is 0 Å². The number of ketones is 4. The van der Waals surface area contributed by atoms with Crippen molar-refractivity contribution < 1.29 is 62.2 Å². The van der Waals surface area contributed by atoms with E-state index < -0.39 is 36.4 Å². The Bertz CT molecular complexity index is 3740. The second-order valence-electron chi connectivity index (χ2n) is 27.9. The van der Waals surface area contributed by atoms with Crippen LogP contribution in [0.15, 0.2) is 189 Å². The van der Waals surface area contributed by atoms with E-state index in [-0.39, 0.29) is 83.7 Å². The van der Waals surface area contributed by atoms with Gasteiger partial charge in [-0.3, -0.25) is 53.5 Å². The fourth-order valence-corrected chi connectivity index (χ4v) is 12.9. The second-order valence-corrected chi connectivity index (χ2v) is 28.3. The van der Waals surface area contributed by atoms with E-state index in [1.165, 1.54) is 12.8 Å². The third-order valence-electron chi connectivity index (χ3n) is 19.2. The summed E-state index contributed by atoms with van der Waals surface area (Å²) in [5.74, 6) is -0.220. The summed E-state index contributed by atoms with van der Waals surface area (Å²) < 4.78 is 15.4. The summed E-state index contributed by atoms with van der Waals surface area (Å²) in [6, 6.07) is 47.8. The molecule has 24 nitrogen and oxygen atoms in total. The highest BCUT2D eigenvalue weighted by Crippen LogP contribution is 2.28. The van der Waals surface area contributed by atoms with Crippen LogP contribution in [-0.2, 0) is 48.4 Å². The number of nitrogens with zero attached hydrogens (tertiary/aromatic N) is 4. The van der Waals surface area contributed by atoms with E-state index in [1.54, 1.807) is 91.5 Å². The lowest BCUT2D eigenvalue weighted by Crippen LogP contribution is -2.43. The Morgan fingerprint density at radius 1 is 0.384 bits per heavy atom. The topological polar surface area (TPSA) is 362 Å². The number of alkyl carbamates (subject to hydrolysis) is 3. The number of halogens is 1. The number of benzene rings is 3. The molecule has 4 aromatic heterocycles. The Hall–Kier alpha value is -10.4. The van der Waals surface area contributed by atoms with E-state index in [2.05, 4.69) is 46.5 Å². The Kier molecular flexibility index (Phi) is 43.8. The van der Waals surface area contributed by atoms with E-state index in [0.717, 1.165) is 126 Å². The smallest absolute Gasteiger partial charge is 0.407 e. The molecule has 9 N–H and O–H groups in total. The van der Waals surface area contributed by atoms with Gasteiger partial charge in [0.25, 0.3) is 0 Å². The Morgan fingerprint density at radius 2 is 0.688 bits per heavy atom. The van der Waals surface area contributed by atoms with Crippen LogP contribution in [0, 0.1) is 23.7 Å². The molecule has 3 aliphatic rings. The van der Waals surface area contributed by atoms with Crippen LogP contribution >= 0.6 is 11.6 Å². The van der Waals surface area contributed by atoms with E-state index in [0.29, 0.717) is 81.1 Å². The van der Waals surface area contributed by atoms with Crippen molar-refractivity contribution >= 4 is 70.1 Å². The summed E-state index contributed by atoms with van der Waals surface area (Å²) in [4.78, 5) is 136. The first kappa shape index (κ1) is 90.5. The molecule has 5 amide bonds. The van der Waals surface area contributed by atoms with Gasteiger partial charge in [-0.1, -0.05) is 167 Å². The number of pyridine rings is 4. The summed E-state index contributed by atoms with van der Waals surface area (Å²) in [6.45, 7) is 4.71. The van der Waals surface area contributed by atoms with Gasteiger partial charge < -0.3 is 52.3 Å². The quantitative estimate of drug-likeness (QED) is 0.00818. The molecule has 0 saturated heterocycles. The number of nitrogens with one attached hydrogen (secondary N) is 5.